The molecule has 1 aliphatic heterocycles. The van der Waals surface area contributed by atoms with Crippen LogP contribution in [0.2, 0.25) is 0 Å². The lowest BCUT2D eigenvalue weighted by molar-refractivity contribution is -0.135. The molecule has 1 fully saturated rings. The average molecular weight is 391 g/mol. The van der Waals surface area contributed by atoms with Crippen LogP contribution in [0, 0.1) is 0 Å². The monoisotopic (exact) mass is 391 g/mol. The maximum atomic E-state index is 12.6. The Hall–Kier alpha value is -3.52. The van der Waals surface area contributed by atoms with Gasteiger partial charge in [0, 0.05) is 48.1 Å². The zero-order valence-corrected chi connectivity index (χ0v) is 15.8. The van der Waals surface area contributed by atoms with Crippen LogP contribution in [0.4, 0.5) is 0 Å². The van der Waals surface area contributed by atoms with Crippen molar-refractivity contribution in [1.82, 2.24) is 19.9 Å². The smallest absolute Gasteiger partial charge is 0.272 e. The van der Waals surface area contributed by atoms with Crippen molar-refractivity contribution >= 4 is 28.9 Å². The number of para-hydroxylation sites is 1. The Morgan fingerprint density at radius 1 is 1.17 bits per heavy atom. The number of amides is 2. The van der Waals surface area contributed by atoms with E-state index in [9.17, 15) is 9.59 Å². The summed E-state index contributed by atoms with van der Waals surface area (Å²) in [7, 11) is 0. The largest absolute Gasteiger partial charge is 0.378 e. The summed E-state index contributed by atoms with van der Waals surface area (Å²) in [5, 5.41) is 5.03. The Morgan fingerprint density at radius 2 is 2.00 bits per heavy atom. The van der Waals surface area contributed by atoms with Gasteiger partial charge < -0.3 is 14.2 Å². The van der Waals surface area contributed by atoms with Gasteiger partial charge in [-0.2, -0.15) is 5.10 Å². The van der Waals surface area contributed by atoms with Crippen molar-refractivity contribution < 1.29 is 14.3 Å². The summed E-state index contributed by atoms with van der Waals surface area (Å²) in [4.78, 5) is 30.5. The van der Waals surface area contributed by atoms with Crippen LogP contribution in [0.25, 0.3) is 10.9 Å². The molecule has 4 rings (SSSR count). The third kappa shape index (κ3) is 4.33. The summed E-state index contributed by atoms with van der Waals surface area (Å²) in [5.74, 6) is -0.275. The van der Waals surface area contributed by atoms with Crippen molar-refractivity contribution in [3.05, 3.63) is 66.1 Å². The van der Waals surface area contributed by atoms with E-state index in [-0.39, 0.29) is 18.4 Å². The highest BCUT2D eigenvalue weighted by atomic mass is 16.5. The molecule has 3 heterocycles. The Morgan fingerprint density at radius 3 is 2.79 bits per heavy atom. The molecular formula is C21H21N5O3. The number of benzene rings is 1. The second kappa shape index (κ2) is 8.66. The zero-order chi connectivity index (χ0) is 20.1. The number of morpholine rings is 1. The van der Waals surface area contributed by atoms with Crippen LogP contribution in [0.15, 0.2) is 60.1 Å². The number of nitrogens with zero attached hydrogens (tertiary/aromatic N) is 4. The fraction of sp³-hybridized carbons (Fsp3) is 0.238. The number of carbonyl (C=O) groups is 2. The number of hydrazone groups is 1. The lowest BCUT2D eigenvalue weighted by Gasteiger charge is -2.27. The third-order valence-corrected chi connectivity index (χ3v) is 4.78. The molecule has 8 heteroatoms. The van der Waals surface area contributed by atoms with Crippen molar-refractivity contribution in [3.8, 4) is 0 Å². The normalized spacial score (nSPS) is 14.4. The molecule has 2 aromatic heterocycles. The number of ether oxygens (including phenoxy) is 1. The van der Waals surface area contributed by atoms with Crippen molar-refractivity contribution in [2.24, 2.45) is 5.10 Å². The molecule has 2 amide bonds. The topological polar surface area (TPSA) is 88.8 Å². The van der Waals surface area contributed by atoms with Gasteiger partial charge in [0.05, 0.1) is 25.0 Å². The molecule has 0 atom stereocenters. The molecule has 3 aromatic rings. The summed E-state index contributed by atoms with van der Waals surface area (Å²) in [5.41, 5.74) is 4.70. The van der Waals surface area contributed by atoms with Gasteiger partial charge in [0.1, 0.15) is 6.54 Å². The van der Waals surface area contributed by atoms with E-state index in [0.29, 0.717) is 31.9 Å². The summed E-state index contributed by atoms with van der Waals surface area (Å²) in [6.07, 6.45) is 6.55. The van der Waals surface area contributed by atoms with E-state index in [1.54, 1.807) is 24.5 Å². The van der Waals surface area contributed by atoms with Crippen LogP contribution in [0.5, 0.6) is 0 Å². The van der Waals surface area contributed by atoms with Crippen LogP contribution in [-0.2, 0) is 16.1 Å². The second-order valence-electron chi connectivity index (χ2n) is 6.66. The van der Waals surface area contributed by atoms with Crippen LogP contribution in [0.3, 0.4) is 0 Å². The highest BCUT2D eigenvalue weighted by Crippen LogP contribution is 2.20. The van der Waals surface area contributed by atoms with E-state index in [4.69, 9.17) is 4.74 Å². The van der Waals surface area contributed by atoms with E-state index in [0.717, 1.165) is 16.5 Å². The Bertz CT molecular complexity index is 1040. The van der Waals surface area contributed by atoms with Gasteiger partial charge in [-0.05, 0) is 18.2 Å². The number of hydrogen-bond acceptors (Lipinski definition) is 5. The fourth-order valence-electron chi connectivity index (χ4n) is 3.29. The standard InChI is InChI=1S/C21H21N5O3/c27-20(25-8-10-29-11-9-25)15-26-14-17(18-5-1-2-6-19(18)26)13-23-24-21(28)16-4-3-7-22-12-16/h1-7,12-14H,8-11,15H2,(H,24,28)/b23-13+. The lowest BCUT2D eigenvalue weighted by Crippen LogP contribution is -2.42. The molecule has 0 spiro atoms. The molecule has 1 N–H and O–H groups in total. The number of rotatable bonds is 5. The van der Waals surface area contributed by atoms with Crippen LogP contribution >= 0.6 is 0 Å². The van der Waals surface area contributed by atoms with E-state index in [1.165, 1.54) is 6.20 Å². The summed E-state index contributed by atoms with van der Waals surface area (Å²) >= 11 is 0. The SMILES string of the molecule is O=C(N/N=C/c1cn(CC(=O)N2CCOCC2)c2ccccc12)c1cccnc1. The summed E-state index contributed by atoms with van der Waals surface area (Å²) in [6, 6.07) is 11.2. The number of carbonyl (C=O) groups excluding carboxylic acids is 2. The highest BCUT2D eigenvalue weighted by molar-refractivity contribution is 6.01. The second-order valence-corrected chi connectivity index (χ2v) is 6.66. The maximum absolute atomic E-state index is 12.6. The molecule has 8 nitrogen and oxygen atoms in total. The minimum absolute atomic E-state index is 0.0578. The van der Waals surface area contributed by atoms with Gasteiger partial charge in [-0.15, -0.1) is 0 Å². The Labute approximate surface area is 167 Å². The number of fused-ring (bicyclic) bond motifs is 1. The lowest BCUT2D eigenvalue weighted by atomic mass is 10.2. The van der Waals surface area contributed by atoms with Gasteiger partial charge in [-0.3, -0.25) is 14.6 Å². The van der Waals surface area contributed by atoms with Gasteiger partial charge in [-0.25, -0.2) is 5.43 Å². The number of nitrogens with one attached hydrogen (secondary N) is 1. The van der Waals surface area contributed by atoms with Crippen LogP contribution in [-0.4, -0.2) is 58.8 Å². The first-order valence-electron chi connectivity index (χ1n) is 9.39. The van der Waals surface area contributed by atoms with Gasteiger partial charge in [-0.1, -0.05) is 18.2 Å². The minimum atomic E-state index is -0.333. The first-order valence-corrected chi connectivity index (χ1v) is 9.39. The number of hydrogen-bond donors (Lipinski definition) is 1. The third-order valence-electron chi connectivity index (χ3n) is 4.78. The molecule has 0 radical (unpaired) electrons. The number of pyridine rings is 1. The molecule has 0 bridgehead atoms. The van der Waals surface area contributed by atoms with Crippen molar-refractivity contribution in [2.45, 2.75) is 6.54 Å². The molecule has 1 aromatic carbocycles. The predicted molar refractivity (Wildman–Crippen MR) is 109 cm³/mol. The molecule has 0 unspecified atom stereocenters. The molecule has 0 saturated carbocycles. The van der Waals surface area contributed by atoms with Crippen LogP contribution < -0.4 is 5.43 Å². The quantitative estimate of drug-likeness (QED) is 0.529. The molecular weight excluding hydrogens is 370 g/mol. The first kappa shape index (κ1) is 18.8. The summed E-state index contributed by atoms with van der Waals surface area (Å²) in [6.45, 7) is 2.63. The minimum Gasteiger partial charge on any atom is -0.378 e. The predicted octanol–water partition coefficient (Wildman–Crippen LogP) is 1.66. The van der Waals surface area contributed by atoms with E-state index in [1.807, 2.05) is 39.9 Å². The molecule has 1 aliphatic rings. The Balaban J connectivity index is 1.51. The molecule has 148 valence electrons. The molecule has 29 heavy (non-hydrogen) atoms. The van der Waals surface area contributed by atoms with Gasteiger partial charge in [0.25, 0.3) is 5.91 Å². The van der Waals surface area contributed by atoms with E-state index in [2.05, 4.69) is 15.5 Å². The van der Waals surface area contributed by atoms with Crippen LogP contribution in [0.1, 0.15) is 15.9 Å². The van der Waals surface area contributed by atoms with Crippen molar-refractivity contribution in [1.29, 1.82) is 0 Å². The Kier molecular flexibility index (Phi) is 5.62. The van der Waals surface area contributed by atoms with E-state index >= 15 is 0 Å². The zero-order valence-electron chi connectivity index (χ0n) is 15.8. The number of aromatic nitrogens is 2. The summed E-state index contributed by atoms with van der Waals surface area (Å²) < 4.78 is 7.23. The molecule has 1 saturated heterocycles. The average Bonchev–Trinajstić information content (AvgIpc) is 3.12. The van der Waals surface area contributed by atoms with E-state index < -0.39 is 0 Å². The van der Waals surface area contributed by atoms with Crippen molar-refractivity contribution in [2.75, 3.05) is 26.3 Å². The molecule has 0 aliphatic carbocycles. The van der Waals surface area contributed by atoms with Gasteiger partial charge in [0.2, 0.25) is 5.91 Å². The van der Waals surface area contributed by atoms with Gasteiger partial charge in [0.15, 0.2) is 0 Å². The van der Waals surface area contributed by atoms with Crippen molar-refractivity contribution in [3.63, 3.8) is 0 Å². The van der Waals surface area contributed by atoms with Gasteiger partial charge >= 0.3 is 0 Å². The fourth-order valence-corrected chi connectivity index (χ4v) is 3.29. The highest BCUT2D eigenvalue weighted by Gasteiger charge is 2.18. The first-order chi connectivity index (χ1) is 14.2. The maximum Gasteiger partial charge on any atom is 0.272 e.